The van der Waals surface area contributed by atoms with E-state index in [0.717, 1.165) is 18.4 Å². The average Bonchev–Trinajstić information content (AvgIpc) is 2.74. The van der Waals surface area contributed by atoms with E-state index in [4.69, 9.17) is 11.2 Å². The first-order valence-corrected chi connectivity index (χ1v) is 7.75. The number of nitriles is 2. The fraction of sp³-hybridized carbons (Fsp3) is 0.611. The van der Waals surface area contributed by atoms with Gasteiger partial charge in [0.05, 0.1) is 18.2 Å². The van der Waals surface area contributed by atoms with E-state index in [1.54, 1.807) is 4.90 Å². The van der Waals surface area contributed by atoms with Gasteiger partial charge in [-0.25, -0.2) is 4.79 Å². The predicted octanol–water partition coefficient (Wildman–Crippen LogP) is 3.14. The highest BCUT2D eigenvalue weighted by molar-refractivity contribution is 5.70. The van der Waals surface area contributed by atoms with Crippen molar-refractivity contribution in [1.82, 2.24) is 4.90 Å². The van der Waals surface area contributed by atoms with Gasteiger partial charge in [-0.15, -0.1) is 12.3 Å². The normalized spacial score (nSPS) is 23.3. The fourth-order valence-electron chi connectivity index (χ4n) is 3.26. The number of carbonyl (C=O) groups is 1. The van der Waals surface area contributed by atoms with Gasteiger partial charge in [0, 0.05) is 12.5 Å². The number of nitrogens with zero attached hydrogens (tertiary/aromatic N) is 3. The van der Waals surface area contributed by atoms with Crippen LogP contribution in [0.1, 0.15) is 46.5 Å². The molecule has 2 bridgehead atoms. The van der Waals surface area contributed by atoms with Crippen molar-refractivity contribution in [3.8, 4) is 24.5 Å². The molecule has 0 saturated carbocycles. The smallest absolute Gasteiger partial charge is 0.411 e. The monoisotopic (exact) mass is 311 g/mol. The van der Waals surface area contributed by atoms with Crippen molar-refractivity contribution < 1.29 is 9.53 Å². The van der Waals surface area contributed by atoms with E-state index in [2.05, 4.69) is 18.1 Å². The van der Waals surface area contributed by atoms with Gasteiger partial charge in [-0.3, -0.25) is 4.90 Å². The predicted molar refractivity (Wildman–Crippen MR) is 84.7 cm³/mol. The number of amides is 1. The Kier molecular flexibility index (Phi) is 4.39. The Morgan fingerprint density at radius 3 is 2.52 bits per heavy atom. The van der Waals surface area contributed by atoms with E-state index in [9.17, 15) is 15.3 Å². The van der Waals surface area contributed by atoms with Crippen molar-refractivity contribution in [3.63, 3.8) is 0 Å². The topological polar surface area (TPSA) is 77.1 Å². The van der Waals surface area contributed by atoms with Crippen LogP contribution in [-0.4, -0.2) is 28.7 Å². The molecule has 0 N–H and O–H groups in total. The third-order valence-electron chi connectivity index (χ3n) is 4.30. The molecule has 1 fully saturated rings. The zero-order valence-electron chi connectivity index (χ0n) is 13.8. The van der Waals surface area contributed by atoms with Gasteiger partial charge < -0.3 is 4.74 Å². The second kappa shape index (κ2) is 5.98. The molecule has 0 aromatic carbocycles. The lowest BCUT2D eigenvalue weighted by Gasteiger charge is -2.37. The van der Waals surface area contributed by atoms with E-state index >= 15 is 0 Å². The van der Waals surface area contributed by atoms with Crippen molar-refractivity contribution in [2.45, 2.75) is 64.1 Å². The molecule has 2 aliphatic rings. The maximum atomic E-state index is 12.4. The Balaban J connectivity index is 2.28. The molecule has 2 atom stereocenters. The molecule has 2 heterocycles. The van der Waals surface area contributed by atoms with Crippen LogP contribution >= 0.6 is 0 Å². The zero-order valence-corrected chi connectivity index (χ0v) is 13.8. The Bertz CT molecular complexity index is 638. The molecule has 0 aromatic heterocycles. The largest absolute Gasteiger partial charge is 0.444 e. The van der Waals surface area contributed by atoms with Crippen LogP contribution in [0.5, 0.6) is 0 Å². The highest BCUT2D eigenvalue weighted by atomic mass is 16.6. The number of ether oxygens (including phenoxy) is 1. The highest BCUT2D eigenvalue weighted by Crippen LogP contribution is 2.43. The summed E-state index contributed by atoms with van der Waals surface area (Å²) in [6, 6.07) is 4.00. The lowest BCUT2D eigenvalue weighted by Crippen LogP contribution is -2.47. The minimum absolute atomic E-state index is 0.0336. The molecule has 0 aliphatic carbocycles. The molecule has 0 radical (unpaired) electrons. The summed E-state index contributed by atoms with van der Waals surface area (Å²) < 4.78 is 5.47. The number of hydrogen-bond donors (Lipinski definition) is 0. The van der Waals surface area contributed by atoms with E-state index < -0.39 is 11.0 Å². The van der Waals surface area contributed by atoms with Gasteiger partial charge >= 0.3 is 6.09 Å². The van der Waals surface area contributed by atoms with Crippen molar-refractivity contribution in [3.05, 3.63) is 11.6 Å². The number of rotatable bonds is 2. The summed E-state index contributed by atoms with van der Waals surface area (Å²) in [6.45, 7) is 5.50. The van der Waals surface area contributed by atoms with Gasteiger partial charge in [0.1, 0.15) is 5.60 Å². The van der Waals surface area contributed by atoms with E-state index in [0.29, 0.717) is 6.42 Å². The third kappa shape index (κ3) is 3.17. The summed E-state index contributed by atoms with van der Waals surface area (Å²) in [5.74, 6) is 2.43. The Morgan fingerprint density at radius 1 is 1.39 bits per heavy atom. The molecule has 5 heteroatoms. The quantitative estimate of drug-likeness (QED) is 0.580. The second-order valence-corrected chi connectivity index (χ2v) is 7.09. The van der Waals surface area contributed by atoms with Gasteiger partial charge in [-0.2, -0.15) is 10.5 Å². The van der Waals surface area contributed by atoms with Crippen molar-refractivity contribution in [2.24, 2.45) is 5.41 Å². The fourth-order valence-corrected chi connectivity index (χ4v) is 3.26. The van der Waals surface area contributed by atoms with Crippen LogP contribution in [0, 0.1) is 40.4 Å². The molecular formula is C18H21N3O2. The molecule has 0 spiro atoms. The van der Waals surface area contributed by atoms with Gasteiger partial charge in [-0.05, 0) is 45.6 Å². The third-order valence-corrected chi connectivity index (χ3v) is 4.30. The Labute approximate surface area is 137 Å². The summed E-state index contributed by atoms with van der Waals surface area (Å²) in [6.07, 6.45) is 9.10. The van der Waals surface area contributed by atoms with Crippen molar-refractivity contribution in [1.29, 1.82) is 10.5 Å². The minimum Gasteiger partial charge on any atom is -0.444 e. The van der Waals surface area contributed by atoms with E-state index in [1.807, 2.05) is 26.8 Å². The molecule has 5 nitrogen and oxygen atoms in total. The standard InChI is InChI=1S/C18H21N3O2/c1-5-8-18(11-19,12-20)13-9-14-6-7-15(10-13)21(14)16(22)23-17(2,3)4/h1,9,14-15H,6-8,10H2,2-4H3. The molecule has 1 amide bonds. The van der Waals surface area contributed by atoms with Crippen LogP contribution in [0.25, 0.3) is 0 Å². The number of terminal acetylenes is 1. The number of carbonyl (C=O) groups excluding carboxylic acids is 1. The SMILES string of the molecule is C#CCC(C#N)(C#N)C1=CC2CCC(C1)N2C(=O)OC(C)(C)C. The zero-order chi connectivity index (χ0) is 17.3. The highest BCUT2D eigenvalue weighted by Gasteiger charge is 2.46. The molecule has 2 aliphatic heterocycles. The molecule has 1 saturated heterocycles. The van der Waals surface area contributed by atoms with E-state index in [-0.39, 0.29) is 24.6 Å². The van der Waals surface area contributed by atoms with Gasteiger partial charge in [0.25, 0.3) is 0 Å². The summed E-state index contributed by atoms with van der Waals surface area (Å²) in [7, 11) is 0. The molecule has 0 aromatic rings. The van der Waals surface area contributed by atoms with E-state index in [1.165, 1.54) is 0 Å². The van der Waals surface area contributed by atoms with Crippen molar-refractivity contribution in [2.75, 3.05) is 0 Å². The Morgan fingerprint density at radius 2 is 2.04 bits per heavy atom. The summed E-state index contributed by atoms with van der Waals surface area (Å²) in [5, 5.41) is 18.9. The summed E-state index contributed by atoms with van der Waals surface area (Å²) >= 11 is 0. The summed E-state index contributed by atoms with van der Waals surface area (Å²) in [5.41, 5.74) is -1.09. The maximum absolute atomic E-state index is 12.4. The first-order chi connectivity index (χ1) is 10.8. The van der Waals surface area contributed by atoms with Gasteiger partial charge in [-0.1, -0.05) is 6.08 Å². The number of hydrogen-bond acceptors (Lipinski definition) is 4. The first-order valence-electron chi connectivity index (χ1n) is 7.75. The molecule has 2 unspecified atom stereocenters. The maximum Gasteiger partial charge on any atom is 0.411 e. The lowest BCUT2D eigenvalue weighted by molar-refractivity contribution is 0.0163. The van der Waals surface area contributed by atoms with Crippen LogP contribution in [0.15, 0.2) is 11.6 Å². The van der Waals surface area contributed by atoms with Crippen LogP contribution < -0.4 is 0 Å². The summed E-state index contributed by atoms with van der Waals surface area (Å²) in [4.78, 5) is 14.1. The molecule has 23 heavy (non-hydrogen) atoms. The second-order valence-electron chi connectivity index (χ2n) is 7.09. The van der Waals surface area contributed by atoms with Crippen LogP contribution in [0.2, 0.25) is 0 Å². The molecule has 2 rings (SSSR count). The van der Waals surface area contributed by atoms with Gasteiger partial charge in [0.2, 0.25) is 0 Å². The molecule has 120 valence electrons. The van der Waals surface area contributed by atoms with Crippen LogP contribution in [-0.2, 0) is 4.74 Å². The number of fused-ring (bicyclic) bond motifs is 2. The van der Waals surface area contributed by atoms with Crippen LogP contribution in [0.3, 0.4) is 0 Å². The molecular weight excluding hydrogens is 290 g/mol. The van der Waals surface area contributed by atoms with Crippen LogP contribution in [0.4, 0.5) is 4.79 Å². The average molecular weight is 311 g/mol. The minimum atomic E-state index is -1.28. The van der Waals surface area contributed by atoms with Crippen molar-refractivity contribution >= 4 is 6.09 Å². The lowest BCUT2D eigenvalue weighted by atomic mass is 9.76. The van der Waals surface area contributed by atoms with Gasteiger partial charge in [0.15, 0.2) is 5.41 Å². The Hall–Kier alpha value is -2.45. The first kappa shape index (κ1) is 16.9.